The van der Waals surface area contributed by atoms with Crippen LogP contribution in [-0.4, -0.2) is 32.9 Å². The minimum absolute atomic E-state index is 0.0981. The number of ether oxygens (including phenoxy) is 1. The lowest BCUT2D eigenvalue weighted by atomic mass is 10.1. The third-order valence-electron chi connectivity index (χ3n) is 4.88. The van der Waals surface area contributed by atoms with Crippen molar-refractivity contribution in [3.8, 4) is 5.75 Å². The summed E-state index contributed by atoms with van der Waals surface area (Å²) in [6, 6.07) is 13.1. The summed E-state index contributed by atoms with van der Waals surface area (Å²) in [5.74, 6) is -4.72. The molecule has 168 valence electrons. The number of amides is 2. The van der Waals surface area contributed by atoms with Gasteiger partial charge in [0.2, 0.25) is 0 Å². The highest BCUT2D eigenvalue weighted by molar-refractivity contribution is 9.10. The minimum atomic E-state index is -5.23. The summed E-state index contributed by atoms with van der Waals surface area (Å²) < 4.78 is 43.9. The molecule has 3 aromatic rings. The molecule has 1 heterocycles. The molecular weight excluding hydrogens is 495 g/mol. The number of Topliss-reactive ketones (excluding diaryl/α,β-unsaturated/α-hetero) is 1. The van der Waals surface area contributed by atoms with Crippen molar-refractivity contribution in [3.63, 3.8) is 0 Å². The molecule has 0 radical (unpaired) electrons. The van der Waals surface area contributed by atoms with Gasteiger partial charge in [-0.3, -0.25) is 14.4 Å². The summed E-state index contributed by atoms with van der Waals surface area (Å²) in [4.78, 5) is 35.9. The summed E-state index contributed by atoms with van der Waals surface area (Å²) in [5.41, 5.74) is 11.3. The molecule has 0 saturated carbocycles. The molecule has 1 aromatic heterocycles. The van der Waals surface area contributed by atoms with E-state index in [4.69, 9.17) is 16.2 Å². The fourth-order valence-corrected chi connectivity index (χ4v) is 3.52. The molecule has 2 amide bonds. The van der Waals surface area contributed by atoms with Crippen molar-refractivity contribution in [3.05, 3.63) is 65.4 Å². The number of aromatic nitrogens is 1. The van der Waals surface area contributed by atoms with Crippen molar-refractivity contribution < 1.29 is 32.3 Å². The summed E-state index contributed by atoms with van der Waals surface area (Å²) >= 11 is 2.26. The van der Waals surface area contributed by atoms with Crippen LogP contribution in [0.15, 0.2) is 48.5 Å². The molecule has 32 heavy (non-hydrogen) atoms. The average molecular weight is 512 g/mol. The van der Waals surface area contributed by atoms with Gasteiger partial charge < -0.3 is 20.8 Å². The number of alkyl halides is 4. The van der Waals surface area contributed by atoms with Crippen molar-refractivity contribution >= 4 is 44.4 Å². The number of primary amides is 2. The quantitative estimate of drug-likeness (QED) is 0.287. The molecule has 0 fully saturated rings. The maximum atomic E-state index is 13.6. The van der Waals surface area contributed by atoms with E-state index in [2.05, 4.69) is 15.9 Å². The molecule has 0 saturated heterocycles. The Bertz CT molecular complexity index is 1220. The normalized spacial score (nSPS) is 13.5. The second-order valence-corrected chi connectivity index (χ2v) is 8.05. The van der Waals surface area contributed by atoms with Crippen LogP contribution in [0.25, 0.3) is 10.9 Å². The first-order valence-electron chi connectivity index (χ1n) is 9.13. The predicted octanol–water partition coefficient (Wildman–Crippen LogP) is 3.18. The van der Waals surface area contributed by atoms with Gasteiger partial charge in [0.05, 0.1) is 16.5 Å². The van der Waals surface area contributed by atoms with E-state index in [-0.39, 0.29) is 23.2 Å². The second kappa shape index (κ2) is 8.30. The van der Waals surface area contributed by atoms with Crippen LogP contribution in [0.4, 0.5) is 13.2 Å². The first kappa shape index (κ1) is 23.3. The van der Waals surface area contributed by atoms with E-state index in [1.807, 2.05) is 18.2 Å². The number of ketones is 1. The Hall–Kier alpha value is -3.34. The molecule has 0 aliphatic carbocycles. The molecule has 1 unspecified atom stereocenters. The van der Waals surface area contributed by atoms with Crippen molar-refractivity contribution in [2.75, 3.05) is 0 Å². The Labute approximate surface area is 188 Å². The molecule has 0 aliphatic heterocycles. The van der Waals surface area contributed by atoms with Gasteiger partial charge in [-0.05, 0) is 40.5 Å². The number of nitrogens with two attached hydrogens (primary N) is 2. The summed E-state index contributed by atoms with van der Waals surface area (Å²) in [6.07, 6.45) is -5.23. The summed E-state index contributed by atoms with van der Waals surface area (Å²) in [5, 5.41) is -0.0981. The number of rotatable bonds is 7. The highest BCUT2D eigenvalue weighted by Gasteiger charge is 2.61. The van der Waals surface area contributed by atoms with Gasteiger partial charge in [-0.2, -0.15) is 13.2 Å². The number of hydrogen-bond donors (Lipinski definition) is 2. The molecule has 0 aliphatic rings. The Balaban J connectivity index is 2.30. The van der Waals surface area contributed by atoms with Crippen LogP contribution < -0.4 is 16.2 Å². The maximum absolute atomic E-state index is 13.6. The van der Waals surface area contributed by atoms with Gasteiger partial charge in [-0.1, -0.05) is 36.4 Å². The number of nitrogens with zero attached hydrogens (tertiary/aromatic N) is 1. The lowest BCUT2D eigenvalue weighted by molar-refractivity contribution is -0.206. The topological polar surface area (TPSA) is 117 Å². The van der Waals surface area contributed by atoms with Gasteiger partial charge >= 0.3 is 10.7 Å². The van der Waals surface area contributed by atoms with E-state index in [0.29, 0.717) is 5.52 Å². The third-order valence-corrected chi connectivity index (χ3v) is 5.88. The van der Waals surface area contributed by atoms with E-state index in [0.717, 1.165) is 11.6 Å². The van der Waals surface area contributed by atoms with Crippen molar-refractivity contribution in [2.24, 2.45) is 11.5 Å². The van der Waals surface area contributed by atoms with Crippen LogP contribution in [0.1, 0.15) is 21.6 Å². The monoisotopic (exact) mass is 511 g/mol. The number of benzene rings is 2. The molecule has 1 atom stereocenters. The van der Waals surface area contributed by atoms with Crippen molar-refractivity contribution in [2.45, 2.75) is 24.2 Å². The Morgan fingerprint density at radius 3 is 2.19 bits per heavy atom. The predicted molar refractivity (Wildman–Crippen MR) is 113 cm³/mol. The Kier molecular flexibility index (Phi) is 6.05. The fraction of sp³-hybridized carbons (Fsp3) is 0.190. The zero-order valence-electron chi connectivity index (χ0n) is 16.6. The average Bonchev–Trinajstić information content (AvgIpc) is 2.99. The van der Waals surface area contributed by atoms with E-state index in [1.54, 1.807) is 22.8 Å². The van der Waals surface area contributed by atoms with Crippen LogP contribution in [-0.2, 0) is 16.1 Å². The van der Waals surface area contributed by atoms with Crippen LogP contribution >= 0.6 is 15.9 Å². The first-order valence-corrected chi connectivity index (χ1v) is 9.92. The molecule has 2 aromatic carbocycles. The molecule has 0 bridgehead atoms. The van der Waals surface area contributed by atoms with Crippen LogP contribution in [0.5, 0.6) is 5.75 Å². The molecular formula is C21H17BrF3N3O4. The summed E-state index contributed by atoms with van der Waals surface area (Å²) in [7, 11) is 0. The largest absolute Gasteiger partial charge is 0.457 e. The molecule has 3 rings (SSSR count). The number of halogens is 4. The SMILES string of the molecule is Cc1c(C(=O)C(N)=O)c2c(OC(Br)(C(N)=O)C(F)(F)F)cccc2n1Cc1ccccc1. The second-order valence-electron chi connectivity index (χ2n) is 6.94. The molecule has 11 heteroatoms. The van der Waals surface area contributed by atoms with E-state index < -0.39 is 34.0 Å². The van der Waals surface area contributed by atoms with E-state index in [9.17, 15) is 27.6 Å². The number of hydrogen-bond acceptors (Lipinski definition) is 4. The molecule has 4 N–H and O–H groups in total. The smallest absolute Gasteiger partial charge is 0.448 e. The third kappa shape index (κ3) is 3.95. The zero-order valence-corrected chi connectivity index (χ0v) is 18.2. The van der Waals surface area contributed by atoms with Gasteiger partial charge in [0, 0.05) is 12.2 Å². The summed E-state index contributed by atoms with van der Waals surface area (Å²) in [6.45, 7) is 1.77. The van der Waals surface area contributed by atoms with Crippen molar-refractivity contribution in [1.29, 1.82) is 0 Å². The Morgan fingerprint density at radius 1 is 1.03 bits per heavy atom. The van der Waals surface area contributed by atoms with Crippen LogP contribution in [0, 0.1) is 6.92 Å². The highest BCUT2D eigenvalue weighted by Crippen LogP contribution is 2.43. The van der Waals surface area contributed by atoms with Gasteiger partial charge in [0.25, 0.3) is 17.6 Å². The maximum Gasteiger partial charge on any atom is 0.448 e. The number of carbonyl (C=O) groups is 3. The van der Waals surface area contributed by atoms with E-state index in [1.165, 1.54) is 13.0 Å². The number of fused-ring (bicyclic) bond motifs is 1. The van der Waals surface area contributed by atoms with Crippen LogP contribution in [0.2, 0.25) is 0 Å². The fourth-order valence-electron chi connectivity index (χ4n) is 3.35. The van der Waals surface area contributed by atoms with E-state index >= 15 is 0 Å². The van der Waals surface area contributed by atoms with Gasteiger partial charge in [0.15, 0.2) is 0 Å². The molecule has 0 spiro atoms. The Morgan fingerprint density at radius 2 is 1.66 bits per heavy atom. The number of carbonyl (C=O) groups excluding carboxylic acids is 3. The molecule has 7 nitrogen and oxygen atoms in total. The van der Waals surface area contributed by atoms with Gasteiger partial charge in [-0.15, -0.1) is 0 Å². The standard InChI is InChI=1S/C21H17BrF3N3O4/c1-11-15(17(29)18(26)30)16-13(28(11)10-12-6-3-2-4-7-12)8-5-9-14(16)32-20(22,19(27)31)21(23,24)25/h2-9H,10H2,1H3,(H2,26,30)(H2,27,31). The lowest BCUT2D eigenvalue weighted by Gasteiger charge is -2.28. The van der Waals surface area contributed by atoms with Gasteiger partial charge in [-0.25, -0.2) is 0 Å². The van der Waals surface area contributed by atoms with Crippen molar-refractivity contribution in [1.82, 2.24) is 4.57 Å². The highest BCUT2D eigenvalue weighted by atomic mass is 79.9. The van der Waals surface area contributed by atoms with Crippen LogP contribution in [0.3, 0.4) is 0 Å². The lowest BCUT2D eigenvalue weighted by Crippen LogP contribution is -2.54. The minimum Gasteiger partial charge on any atom is -0.457 e. The zero-order chi connectivity index (χ0) is 23.8. The first-order chi connectivity index (χ1) is 14.9. The van der Waals surface area contributed by atoms with Gasteiger partial charge in [0.1, 0.15) is 5.75 Å².